The number of rotatable bonds is 6. The van der Waals surface area contributed by atoms with E-state index in [1.165, 1.54) is 0 Å². The summed E-state index contributed by atoms with van der Waals surface area (Å²) < 4.78 is 16.7. The summed E-state index contributed by atoms with van der Waals surface area (Å²) in [5, 5.41) is 19.3. The Kier molecular flexibility index (Phi) is 4.50. The molecule has 23 heavy (non-hydrogen) atoms. The molecule has 0 atom stereocenters. The predicted molar refractivity (Wildman–Crippen MR) is 85.4 cm³/mol. The van der Waals surface area contributed by atoms with Crippen LogP contribution in [-0.4, -0.2) is 17.3 Å². The maximum Gasteiger partial charge on any atom is 0.146 e. The molecule has 0 aliphatic carbocycles. The van der Waals surface area contributed by atoms with Gasteiger partial charge < -0.3 is 24.1 Å². The van der Waals surface area contributed by atoms with Gasteiger partial charge in [-0.05, 0) is 35.9 Å². The zero-order valence-corrected chi connectivity index (χ0v) is 12.8. The molecule has 0 radical (unpaired) electrons. The minimum Gasteiger partial charge on any atom is -0.497 e. The summed E-state index contributed by atoms with van der Waals surface area (Å²) in [6.07, 6.45) is 0. The third-order valence-electron chi connectivity index (χ3n) is 3.61. The molecule has 1 aromatic heterocycles. The Hall–Kier alpha value is -2.50. The molecule has 5 nitrogen and oxygen atoms in total. The largest absolute Gasteiger partial charge is 0.497 e. The van der Waals surface area contributed by atoms with Gasteiger partial charge >= 0.3 is 0 Å². The number of hydrogen-bond donors (Lipinski definition) is 2. The minimum absolute atomic E-state index is 0.00955. The van der Waals surface area contributed by atoms with Crippen molar-refractivity contribution in [1.82, 2.24) is 0 Å². The monoisotopic (exact) mass is 314 g/mol. The molecule has 2 aromatic carbocycles. The van der Waals surface area contributed by atoms with Crippen molar-refractivity contribution in [3.63, 3.8) is 0 Å². The second-order valence-corrected chi connectivity index (χ2v) is 5.17. The van der Waals surface area contributed by atoms with E-state index in [0.717, 1.165) is 10.9 Å². The highest BCUT2D eigenvalue weighted by molar-refractivity contribution is 5.82. The first-order chi connectivity index (χ1) is 11.2. The fourth-order valence-corrected chi connectivity index (χ4v) is 2.40. The molecule has 0 spiro atoms. The van der Waals surface area contributed by atoms with Crippen LogP contribution < -0.4 is 9.47 Å². The molecule has 0 unspecified atom stereocenters. The summed E-state index contributed by atoms with van der Waals surface area (Å²) in [6, 6.07) is 12.7. The second kappa shape index (κ2) is 6.73. The van der Waals surface area contributed by atoms with E-state index in [9.17, 15) is 5.11 Å². The molecule has 120 valence electrons. The van der Waals surface area contributed by atoms with Gasteiger partial charge in [0.05, 0.1) is 20.3 Å². The number of benzene rings is 2. The van der Waals surface area contributed by atoms with Gasteiger partial charge in [0.1, 0.15) is 29.4 Å². The van der Waals surface area contributed by atoms with Gasteiger partial charge in [0.15, 0.2) is 0 Å². The van der Waals surface area contributed by atoms with Gasteiger partial charge in [0.25, 0.3) is 0 Å². The Morgan fingerprint density at radius 3 is 2.39 bits per heavy atom. The third kappa shape index (κ3) is 3.31. The number of aliphatic hydroxyl groups is 2. The quantitative estimate of drug-likeness (QED) is 0.732. The van der Waals surface area contributed by atoms with Crippen molar-refractivity contribution >= 4 is 11.0 Å². The number of fused-ring (bicyclic) bond motifs is 1. The smallest absolute Gasteiger partial charge is 0.146 e. The Balaban J connectivity index is 1.79. The summed E-state index contributed by atoms with van der Waals surface area (Å²) in [6.45, 7) is 0.167. The van der Waals surface area contributed by atoms with E-state index in [4.69, 9.17) is 19.0 Å². The Morgan fingerprint density at radius 2 is 1.74 bits per heavy atom. The molecule has 1 heterocycles. The minimum atomic E-state index is -0.121. The summed E-state index contributed by atoms with van der Waals surface area (Å²) in [7, 11) is 1.59. The highest BCUT2D eigenvalue weighted by atomic mass is 16.5. The highest BCUT2D eigenvalue weighted by Gasteiger charge is 2.11. The van der Waals surface area contributed by atoms with Crippen LogP contribution in [0.15, 0.2) is 46.9 Å². The van der Waals surface area contributed by atoms with Crippen molar-refractivity contribution in [3.05, 3.63) is 59.4 Å². The van der Waals surface area contributed by atoms with Crippen molar-refractivity contribution in [1.29, 1.82) is 0 Å². The maximum absolute atomic E-state index is 9.45. The van der Waals surface area contributed by atoms with Gasteiger partial charge in [-0.25, -0.2) is 0 Å². The van der Waals surface area contributed by atoms with Gasteiger partial charge in [-0.15, -0.1) is 0 Å². The maximum atomic E-state index is 9.45. The molecule has 0 amide bonds. The average molecular weight is 314 g/mol. The van der Waals surface area contributed by atoms with Crippen LogP contribution in [-0.2, 0) is 19.8 Å². The molecule has 3 aromatic rings. The average Bonchev–Trinajstić information content (AvgIpc) is 3.02. The van der Waals surface area contributed by atoms with E-state index < -0.39 is 0 Å². The number of aliphatic hydroxyl groups excluding tert-OH is 2. The van der Waals surface area contributed by atoms with E-state index >= 15 is 0 Å². The predicted octanol–water partition coefficient (Wildman–Crippen LogP) is 3.01. The molecule has 0 aliphatic rings. The lowest BCUT2D eigenvalue weighted by Gasteiger charge is -2.04. The van der Waals surface area contributed by atoms with E-state index in [1.54, 1.807) is 25.3 Å². The number of hydrogen-bond acceptors (Lipinski definition) is 5. The van der Waals surface area contributed by atoms with Crippen LogP contribution in [0.5, 0.6) is 11.5 Å². The number of furan rings is 1. The second-order valence-electron chi connectivity index (χ2n) is 5.17. The highest BCUT2D eigenvalue weighted by Crippen LogP contribution is 2.29. The summed E-state index contributed by atoms with van der Waals surface area (Å²) in [5.41, 5.74) is 2.15. The summed E-state index contributed by atoms with van der Waals surface area (Å²) >= 11 is 0. The molecule has 2 N–H and O–H groups in total. The van der Waals surface area contributed by atoms with Crippen LogP contribution in [0, 0.1) is 0 Å². The standard InChI is InChI=1S/C18H18O5/c1-21-16-6-13-7-17(23-18(13)14(8-16)10-20)11-22-15-4-2-12(9-19)3-5-15/h2-8,19-20H,9-11H2,1H3. The molecule has 0 fully saturated rings. The van der Waals surface area contributed by atoms with E-state index in [2.05, 4.69) is 0 Å². The zero-order valence-electron chi connectivity index (χ0n) is 12.8. The molecule has 0 saturated heterocycles. The molecule has 0 aliphatic heterocycles. The summed E-state index contributed by atoms with van der Waals surface area (Å²) in [5.74, 6) is 2.03. The van der Waals surface area contributed by atoms with E-state index in [1.807, 2.05) is 24.3 Å². The first kappa shape index (κ1) is 15.4. The molecule has 0 saturated carbocycles. The van der Waals surface area contributed by atoms with Gasteiger partial charge in [-0.1, -0.05) is 12.1 Å². The van der Waals surface area contributed by atoms with Gasteiger partial charge in [-0.2, -0.15) is 0 Å². The molecule has 5 heteroatoms. The van der Waals surface area contributed by atoms with E-state index in [0.29, 0.717) is 28.4 Å². The Morgan fingerprint density at radius 1 is 0.957 bits per heavy atom. The lowest BCUT2D eigenvalue weighted by Crippen LogP contribution is -1.93. The van der Waals surface area contributed by atoms with Gasteiger partial charge in [-0.3, -0.25) is 0 Å². The molecular weight excluding hydrogens is 296 g/mol. The third-order valence-corrected chi connectivity index (χ3v) is 3.61. The van der Waals surface area contributed by atoms with Crippen molar-refractivity contribution in [2.24, 2.45) is 0 Å². The van der Waals surface area contributed by atoms with Crippen molar-refractivity contribution < 1.29 is 24.1 Å². The fourth-order valence-electron chi connectivity index (χ4n) is 2.40. The van der Waals surface area contributed by atoms with Gasteiger partial charge in [0, 0.05) is 10.9 Å². The first-order valence-corrected chi connectivity index (χ1v) is 7.26. The SMILES string of the molecule is COc1cc(CO)c2oc(COc3ccc(CO)cc3)cc2c1. The molecular formula is C18H18O5. The lowest BCUT2D eigenvalue weighted by atomic mass is 10.1. The number of ether oxygens (including phenoxy) is 2. The lowest BCUT2D eigenvalue weighted by molar-refractivity contribution is 0.268. The molecule has 0 bridgehead atoms. The zero-order chi connectivity index (χ0) is 16.2. The van der Waals surface area contributed by atoms with Gasteiger partial charge in [0.2, 0.25) is 0 Å². The van der Waals surface area contributed by atoms with Crippen molar-refractivity contribution in [2.45, 2.75) is 19.8 Å². The normalized spacial score (nSPS) is 10.9. The van der Waals surface area contributed by atoms with Crippen molar-refractivity contribution in [3.8, 4) is 11.5 Å². The van der Waals surface area contributed by atoms with E-state index in [-0.39, 0.29) is 19.8 Å². The Labute approximate surface area is 133 Å². The van der Waals surface area contributed by atoms with Crippen LogP contribution in [0.3, 0.4) is 0 Å². The number of methoxy groups -OCH3 is 1. The first-order valence-electron chi connectivity index (χ1n) is 7.26. The molecule has 3 rings (SSSR count). The Bertz CT molecular complexity index is 789. The van der Waals surface area contributed by atoms with Crippen LogP contribution >= 0.6 is 0 Å². The van der Waals surface area contributed by atoms with Crippen LogP contribution in [0.25, 0.3) is 11.0 Å². The van der Waals surface area contributed by atoms with Crippen LogP contribution in [0.4, 0.5) is 0 Å². The van der Waals surface area contributed by atoms with Crippen molar-refractivity contribution in [2.75, 3.05) is 7.11 Å². The summed E-state index contributed by atoms with van der Waals surface area (Å²) in [4.78, 5) is 0. The van der Waals surface area contributed by atoms with Crippen LogP contribution in [0.1, 0.15) is 16.9 Å². The van der Waals surface area contributed by atoms with Crippen LogP contribution in [0.2, 0.25) is 0 Å². The topological polar surface area (TPSA) is 72.1 Å². The fraction of sp³-hybridized carbons (Fsp3) is 0.222.